The molecule has 5 heteroatoms. The number of para-hydroxylation sites is 1. The van der Waals surface area contributed by atoms with Gasteiger partial charge in [0, 0.05) is 10.9 Å². The lowest BCUT2D eigenvalue weighted by molar-refractivity contribution is -0.125. The summed E-state index contributed by atoms with van der Waals surface area (Å²) in [7, 11) is 0. The molecular formula is C20H18N2O3. The molecule has 1 heterocycles. The first-order chi connectivity index (χ1) is 12.0. The van der Waals surface area contributed by atoms with Gasteiger partial charge in [-0.1, -0.05) is 48.0 Å². The molecule has 0 aliphatic heterocycles. The van der Waals surface area contributed by atoms with Crippen molar-refractivity contribution in [2.24, 2.45) is 5.73 Å². The second-order valence-corrected chi connectivity index (χ2v) is 5.89. The van der Waals surface area contributed by atoms with E-state index in [0.717, 1.165) is 11.1 Å². The normalized spacial score (nSPS) is 11.9. The average molecular weight is 334 g/mol. The number of pyridine rings is 1. The Balaban J connectivity index is 2.11. The highest BCUT2D eigenvalue weighted by Gasteiger charge is 2.19. The summed E-state index contributed by atoms with van der Waals surface area (Å²) in [6.45, 7) is 3.45. The smallest absolute Gasteiger partial charge is 0.339 e. The Bertz CT molecular complexity index is 949. The van der Waals surface area contributed by atoms with Crippen LogP contribution in [0.5, 0.6) is 0 Å². The molecule has 0 bridgehead atoms. The fourth-order valence-corrected chi connectivity index (χ4v) is 2.50. The van der Waals surface area contributed by atoms with E-state index in [1.807, 2.05) is 49.4 Å². The van der Waals surface area contributed by atoms with Gasteiger partial charge in [0.15, 0.2) is 6.10 Å². The van der Waals surface area contributed by atoms with Crippen molar-refractivity contribution in [3.8, 4) is 11.3 Å². The van der Waals surface area contributed by atoms with Gasteiger partial charge in [-0.05, 0) is 26.0 Å². The van der Waals surface area contributed by atoms with E-state index in [4.69, 9.17) is 10.5 Å². The predicted molar refractivity (Wildman–Crippen MR) is 96.0 cm³/mol. The van der Waals surface area contributed by atoms with Gasteiger partial charge in [-0.25, -0.2) is 9.78 Å². The minimum Gasteiger partial charge on any atom is -0.449 e. The van der Waals surface area contributed by atoms with Crippen molar-refractivity contribution in [1.29, 1.82) is 0 Å². The molecule has 0 aliphatic rings. The summed E-state index contributed by atoms with van der Waals surface area (Å²) in [5.41, 5.74) is 8.92. The minimum absolute atomic E-state index is 0.356. The fraction of sp³-hybridized carbons (Fsp3) is 0.150. The van der Waals surface area contributed by atoms with Crippen LogP contribution in [0.4, 0.5) is 0 Å². The minimum atomic E-state index is -0.998. The lowest BCUT2D eigenvalue weighted by Gasteiger charge is -2.12. The van der Waals surface area contributed by atoms with Crippen molar-refractivity contribution >= 4 is 22.8 Å². The molecule has 3 rings (SSSR count). The molecule has 0 radical (unpaired) electrons. The third-order valence-electron chi connectivity index (χ3n) is 3.97. The standard InChI is InChI=1S/C20H18N2O3/c1-12-7-9-14(10-8-12)18-11-16(20(24)25-13(2)19(21)23)15-5-3-4-6-17(15)22-18/h3-11,13H,1-2H3,(H2,21,23)/t13-/m1/s1. The number of aromatic nitrogens is 1. The van der Waals surface area contributed by atoms with Crippen molar-refractivity contribution in [2.75, 3.05) is 0 Å². The molecule has 2 aromatic carbocycles. The van der Waals surface area contributed by atoms with E-state index in [0.29, 0.717) is 22.2 Å². The summed E-state index contributed by atoms with van der Waals surface area (Å²) in [5.74, 6) is -1.29. The number of hydrogen-bond acceptors (Lipinski definition) is 4. The summed E-state index contributed by atoms with van der Waals surface area (Å²) in [6, 6.07) is 16.9. The van der Waals surface area contributed by atoms with Gasteiger partial charge in [0.1, 0.15) is 0 Å². The van der Waals surface area contributed by atoms with Crippen LogP contribution in [0.15, 0.2) is 54.6 Å². The highest BCUT2D eigenvalue weighted by molar-refractivity contribution is 6.05. The zero-order valence-corrected chi connectivity index (χ0v) is 14.0. The predicted octanol–water partition coefficient (Wildman–Crippen LogP) is 3.24. The second-order valence-electron chi connectivity index (χ2n) is 5.89. The van der Waals surface area contributed by atoms with Crippen LogP contribution in [0.2, 0.25) is 0 Å². The van der Waals surface area contributed by atoms with Gasteiger partial charge >= 0.3 is 5.97 Å². The SMILES string of the molecule is Cc1ccc(-c2cc(C(=O)O[C@H](C)C(N)=O)c3ccccc3n2)cc1. The Kier molecular flexibility index (Phi) is 4.48. The van der Waals surface area contributed by atoms with Crippen LogP contribution in [-0.4, -0.2) is 23.0 Å². The van der Waals surface area contributed by atoms with Gasteiger partial charge < -0.3 is 10.5 Å². The van der Waals surface area contributed by atoms with Crippen molar-refractivity contribution < 1.29 is 14.3 Å². The summed E-state index contributed by atoms with van der Waals surface area (Å²) in [5, 5.41) is 0.667. The second kappa shape index (κ2) is 6.73. The van der Waals surface area contributed by atoms with Crippen LogP contribution in [-0.2, 0) is 9.53 Å². The maximum Gasteiger partial charge on any atom is 0.339 e. The molecule has 2 N–H and O–H groups in total. The average Bonchev–Trinajstić information content (AvgIpc) is 2.61. The van der Waals surface area contributed by atoms with Crippen LogP contribution in [0.1, 0.15) is 22.8 Å². The number of esters is 1. The molecule has 0 unspecified atom stereocenters. The molecule has 0 spiro atoms. The van der Waals surface area contributed by atoms with E-state index >= 15 is 0 Å². The van der Waals surface area contributed by atoms with E-state index < -0.39 is 18.0 Å². The maximum absolute atomic E-state index is 12.6. The zero-order chi connectivity index (χ0) is 18.0. The van der Waals surface area contributed by atoms with Gasteiger partial charge in [-0.15, -0.1) is 0 Å². The highest BCUT2D eigenvalue weighted by atomic mass is 16.5. The van der Waals surface area contributed by atoms with Gasteiger partial charge in [0.2, 0.25) is 0 Å². The quantitative estimate of drug-likeness (QED) is 0.743. The molecule has 3 aromatic rings. The number of primary amides is 1. The van der Waals surface area contributed by atoms with Gasteiger partial charge in [-0.3, -0.25) is 4.79 Å². The number of fused-ring (bicyclic) bond motifs is 1. The number of benzene rings is 2. The van der Waals surface area contributed by atoms with E-state index in [1.165, 1.54) is 6.92 Å². The van der Waals surface area contributed by atoms with Crippen molar-refractivity contribution in [1.82, 2.24) is 4.98 Å². The largest absolute Gasteiger partial charge is 0.449 e. The van der Waals surface area contributed by atoms with Crippen LogP contribution in [0, 0.1) is 6.92 Å². The Hall–Kier alpha value is -3.21. The Morgan fingerprint density at radius 1 is 1.08 bits per heavy atom. The Labute approximate surface area is 145 Å². The highest BCUT2D eigenvalue weighted by Crippen LogP contribution is 2.26. The number of nitrogens with two attached hydrogens (primary N) is 1. The zero-order valence-electron chi connectivity index (χ0n) is 14.0. The molecule has 0 fully saturated rings. The fourth-order valence-electron chi connectivity index (χ4n) is 2.50. The number of aryl methyl sites for hydroxylation is 1. The van der Waals surface area contributed by atoms with Gasteiger partial charge in [0.05, 0.1) is 16.8 Å². The molecule has 0 aliphatic carbocycles. The molecule has 1 aromatic heterocycles. The summed E-state index contributed by atoms with van der Waals surface area (Å²) in [6.07, 6.45) is -0.998. The first-order valence-corrected chi connectivity index (χ1v) is 7.93. The van der Waals surface area contributed by atoms with Crippen molar-refractivity contribution in [2.45, 2.75) is 20.0 Å². The molecular weight excluding hydrogens is 316 g/mol. The maximum atomic E-state index is 12.6. The molecule has 1 atom stereocenters. The number of carbonyl (C=O) groups is 2. The lowest BCUT2D eigenvalue weighted by Crippen LogP contribution is -2.30. The Morgan fingerprint density at radius 3 is 2.44 bits per heavy atom. The number of ether oxygens (including phenoxy) is 1. The first kappa shape index (κ1) is 16.6. The van der Waals surface area contributed by atoms with Crippen LogP contribution < -0.4 is 5.73 Å². The number of hydrogen-bond donors (Lipinski definition) is 1. The van der Waals surface area contributed by atoms with Crippen LogP contribution >= 0.6 is 0 Å². The third-order valence-corrected chi connectivity index (χ3v) is 3.97. The number of amides is 1. The summed E-state index contributed by atoms with van der Waals surface area (Å²) >= 11 is 0. The summed E-state index contributed by atoms with van der Waals surface area (Å²) in [4.78, 5) is 28.4. The first-order valence-electron chi connectivity index (χ1n) is 7.93. The van der Waals surface area contributed by atoms with E-state index in [-0.39, 0.29) is 0 Å². The molecule has 126 valence electrons. The third kappa shape index (κ3) is 3.50. The van der Waals surface area contributed by atoms with Crippen molar-refractivity contribution in [3.63, 3.8) is 0 Å². The van der Waals surface area contributed by atoms with Crippen molar-refractivity contribution in [3.05, 3.63) is 65.7 Å². The van der Waals surface area contributed by atoms with Gasteiger partial charge in [0.25, 0.3) is 5.91 Å². The van der Waals surface area contributed by atoms with E-state index in [9.17, 15) is 9.59 Å². The topological polar surface area (TPSA) is 82.3 Å². The van der Waals surface area contributed by atoms with Gasteiger partial charge in [-0.2, -0.15) is 0 Å². The van der Waals surface area contributed by atoms with Crippen LogP contribution in [0.25, 0.3) is 22.2 Å². The molecule has 25 heavy (non-hydrogen) atoms. The lowest BCUT2D eigenvalue weighted by atomic mass is 10.0. The molecule has 0 saturated heterocycles. The Morgan fingerprint density at radius 2 is 1.76 bits per heavy atom. The molecule has 5 nitrogen and oxygen atoms in total. The van der Waals surface area contributed by atoms with E-state index in [1.54, 1.807) is 12.1 Å². The molecule has 0 saturated carbocycles. The summed E-state index contributed by atoms with van der Waals surface area (Å²) < 4.78 is 5.17. The number of rotatable bonds is 4. The molecule has 1 amide bonds. The number of nitrogens with zero attached hydrogens (tertiary/aromatic N) is 1. The van der Waals surface area contributed by atoms with E-state index in [2.05, 4.69) is 4.98 Å². The number of carbonyl (C=O) groups excluding carboxylic acids is 2. The monoisotopic (exact) mass is 334 g/mol. The van der Waals surface area contributed by atoms with Crippen LogP contribution in [0.3, 0.4) is 0 Å².